The highest BCUT2D eigenvalue weighted by atomic mass is 32.2. The van der Waals surface area contributed by atoms with Gasteiger partial charge >= 0.3 is 0 Å². The molecule has 36 heavy (non-hydrogen) atoms. The number of aryl methyl sites for hydroxylation is 2. The summed E-state index contributed by atoms with van der Waals surface area (Å²) in [5, 5.41) is 10.9. The molecule has 5 aromatic rings. The lowest BCUT2D eigenvalue weighted by molar-refractivity contribution is 0.218. The number of hydrogen-bond acceptors (Lipinski definition) is 5. The first-order valence-corrected chi connectivity index (χ1v) is 14.3. The van der Waals surface area contributed by atoms with Crippen LogP contribution in [0.3, 0.4) is 0 Å². The van der Waals surface area contributed by atoms with E-state index in [0.717, 1.165) is 51.6 Å². The molecule has 1 aliphatic carbocycles. The van der Waals surface area contributed by atoms with Crippen molar-refractivity contribution in [3.05, 3.63) is 86.5 Å². The summed E-state index contributed by atoms with van der Waals surface area (Å²) >= 11 is 3.44. The summed E-state index contributed by atoms with van der Waals surface area (Å²) in [6, 6.07) is 18.4. The average Bonchev–Trinajstić information content (AvgIpc) is 3.45. The van der Waals surface area contributed by atoms with Crippen molar-refractivity contribution in [2.24, 2.45) is 11.3 Å². The fraction of sp³-hybridized carbons (Fsp3) is 0.345. The van der Waals surface area contributed by atoms with Crippen molar-refractivity contribution in [2.75, 3.05) is 0 Å². The number of thiophene rings is 1. The number of rotatable bonds is 4. The maximum Gasteiger partial charge on any atom is 0.268 e. The minimum atomic E-state index is 0.0190. The zero-order valence-electron chi connectivity index (χ0n) is 21.1. The zero-order chi connectivity index (χ0) is 25.0. The quantitative estimate of drug-likeness (QED) is 0.246. The third-order valence-corrected chi connectivity index (χ3v) is 9.71. The molecule has 1 unspecified atom stereocenters. The predicted molar refractivity (Wildman–Crippen MR) is 150 cm³/mol. The fourth-order valence-corrected chi connectivity index (χ4v) is 7.69. The first-order chi connectivity index (χ1) is 17.3. The molecule has 5 nitrogen and oxygen atoms in total. The molecule has 7 heteroatoms. The molecule has 0 saturated carbocycles. The van der Waals surface area contributed by atoms with Crippen LogP contribution < -0.4 is 5.56 Å². The summed E-state index contributed by atoms with van der Waals surface area (Å²) < 4.78 is 3.91. The highest BCUT2D eigenvalue weighted by molar-refractivity contribution is 7.98. The van der Waals surface area contributed by atoms with E-state index in [4.69, 9.17) is 0 Å². The fourth-order valence-electron chi connectivity index (χ4n) is 5.32. The van der Waals surface area contributed by atoms with Crippen LogP contribution in [0.15, 0.2) is 64.5 Å². The van der Waals surface area contributed by atoms with Gasteiger partial charge in [-0.05, 0) is 60.3 Å². The molecule has 0 saturated heterocycles. The third kappa shape index (κ3) is 3.89. The number of fused-ring (bicyclic) bond motifs is 5. The van der Waals surface area contributed by atoms with Crippen molar-refractivity contribution >= 4 is 39.1 Å². The number of aromatic nitrogens is 4. The number of benzene rings is 2. The monoisotopic (exact) mass is 514 g/mol. The molecule has 0 amide bonds. The average molecular weight is 515 g/mol. The summed E-state index contributed by atoms with van der Waals surface area (Å²) in [5.74, 6) is 1.99. The molecule has 3 heterocycles. The Kier molecular flexibility index (Phi) is 5.80. The minimum absolute atomic E-state index is 0.0190. The first-order valence-electron chi connectivity index (χ1n) is 12.5. The van der Waals surface area contributed by atoms with Gasteiger partial charge in [-0.3, -0.25) is 4.79 Å². The van der Waals surface area contributed by atoms with Crippen LogP contribution >= 0.6 is 23.1 Å². The van der Waals surface area contributed by atoms with E-state index < -0.39 is 0 Å². The van der Waals surface area contributed by atoms with Gasteiger partial charge in [0.05, 0.1) is 11.1 Å². The normalized spacial score (nSPS) is 16.1. The Bertz CT molecular complexity index is 1640. The van der Waals surface area contributed by atoms with Crippen LogP contribution in [0.2, 0.25) is 0 Å². The van der Waals surface area contributed by atoms with Crippen molar-refractivity contribution in [1.82, 2.24) is 19.2 Å². The van der Waals surface area contributed by atoms with Crippen molar-refractivity contribution in [1.29, 1.82) is 0 Å². The lowest BCUT2D eigenvalue weighted by atomic mass is 9.72. The molecule has 0 radical (unpaired) electrons. The molecule has 2 aromatic carbocycles. The van der Waals surface area contributed by atoms with Crippen molar-refractivity contribution in [3.63, 3.8) is 0 Å². The molecular weight excluding hydrogens is 484 g/mol. The highest BCUT2D eigenvalue weighted by Crippen LogP contribution is 2.43. The molecule has 0 spiro atoms. The van der Waals surface area contributed by atoms with Crippen LogP contribution in [0.1, 0.15) is 48.8 Å². The molecule has 0 bridgehead atoms. The standard InChI is InChI=1S/C29H30N4OS2/c1-18-10-8-9-13-22(18)32-25(34)24-21-15-14-20(29(2,3)4)16-23(21)36-26(24)33-27(32)30-31-28(33)35-17-19-11-6-5-7-12-19/h5-13,20H,14-17H2,1-4H3. The van der Waals surface area contributed by atoms with E-state index in [1.807, 2.05) is 37.3 Å². The Labute approximate surface area is 219 Å². The molecule has 0 fully saturated rings. The van der Waals surface area contributed by atoms with Crippen LogP contribution in [0.25, 0.3) is 21.7 Å². The van der Waals surface area contributed by atoms with Gasteiger partial charge < -0.3 is 0 Å². The maximum atomic E-state index is 14.2. The second-order valence-electron chi connectivity index (χ2n) is 10.8. The van der Waals surface area contributed by atoms with Crippen molar-refractivity contribution in [2.45, 2.75) is 57.9 Å². The van der Waals surface area contributed by atoms with Crippen LogP contribution in [0.4, 0.5) is 0 Å². The smallest absolute Gasteiger partial charge is 0.268 e. The largest absolute Gasteiger partial charge is 0.268 e. The highest BCUT2D eigenvalue weighted by Gasteiger charge is 2.33. The van der Waals surface area contributed by atoms with Crippen LogP contribution in [-0.2, 0) is 18.6 Å². The van der Waals surface area contributed by atoms with Gasteiger partial charge in [0.15, 0.2) is 5.16 Å². The van der Waals surface area contributed by atoms with E-state index in [2.05, 4.69) is 59.6 Å². The second-order valence-corrected chi connectivity index (χ2v) is 12.8. The van der Waals surface area contributed by atoms with E-state index >= 15 is 0 Å². The van der Waals surface area contributed by atoms with Gasteiger partial charge in [-0.2, -0.15) is 0 Å². The zero-order valence-corrected chi connectivity index (χ0v) is 22.7. The number of para-hydroxylation sites is 1. The Morgan fingerprint density at radius 1 is 1.06 bits per heavy atom. The Hall–Kier alpha value is -2.90. The van der Waals surface area contributed by atoms with Gasteiger partial charge in [0.1, 0.15) is 4.83 Å². The van der Waals surface area contributed by atoms with Gasteiger partial charge in [0.25, 0.3) is 5.56 Å². The summed E-state index contributed by atoms with van der Waals surface area (Å²) in [4.78, 5) is 16.5. The van der Waals surface area contributed by atoms with Crippen LogP contribution in [0, 0.1) is 18.3 Å². The van der Waals surface area contributed by atoms with Gasteiger partial charge in [-0.25, -0.2) is 8.97 Å². The number of thioether (sulfide) groups is 1. The van der Waals surface area contributed by atoms with Crippen LogP contribution in [-0.4, -0.2) is 19.2 Å². The molecular formula is C29H30N4OS2. The van der Waals surface area contributed by atoms with Gasteiger partial charge in [0.2, 0.25) is 5.78 Å². The molecule has 6 rings (SSSR count). The predicted octanol–water partition coefficient (Wildman–Crippen LogP) is 6.85. The molecule has 3 aromatic heterocycles. The lowest BCUT2D eigenvalue weighted by Crippen LogP contribution is -2.27. The van der Waals surface area contributed by atoms with Crippen molar-refractivity contribution in [3.8, 4) is 5.69 Å². The summed E-state index contributed by atoms with van der Waals surface area (Å²) in [7, 11) is 0. The maximum absolute atomic E-state index is 14.2. The number of nitrogens with zero attached hydrogens (tertiary/aromatic N) is 4. The Morgan fingerprint density at radius 3 is 2.56 bits per heavy atom. The summed E-state index contributed by atoms with van der Waals surface area (Å²) in [5.41, 5.74) is 4.64. The lowest BCUT2D eigenvalue weighted by Gasteiger charge is -2.33. The van der Waals surface area contributed by atoms with Gasteiger partial charge in [-0.15, -0.1) is 21.5 Å². The molecule has 0 aliphatic heterocycles. The van der Waals surface area contributed by atoms with E-state index in [1.54, 1.807) is 27.7 Å². The van der Waals surface area contributed by atoms with Gasteiger partial charge in [0, 0.05) is 10.6 Å². The first kappa shape index (κ1) is 23.5. The van der Waals surface area contributed by atoms with E-state index in [9.17, 15) is 4.79 Å². The van der Waals surface area contributed by atoms with E-state index in [-0.39, 0.29) is 11.0 Å². The topological polar surface area (TPSA) is 52.2 Å². The molecule has 0 N–H and O–H groups in total. The number of hydrogen-bond donors (Lipinski definition) is 0. The Balaban J connectivity index is 1.60. The van der Waals surface area contributed by atoms with E-state index in [0.29, 0.717) is 11.7 Å². The van der Waals surface area contributed by atoms with Crippen LogP contribution in [0.5, 0.6) is 0 Å². The SMILES string of the molecule is Cc1ccccc1-n1c(=O)c2c3c(sc2n2c(SCc4ccccc4)nnc12)CC(C(C)(C)C)CC3. The molecule has 184 valence electrons. The Morgan fingerprint density at radius 2 is 1.81 bits per heavy atom. The van der Waals surface area contributed by atoms with E-state index in [1.165, 1.54) is 16.0 Å². The summed E-state index contributed by atoms with van der Waals surface area (Å²) in [6.45, 7) is 9.04. The molecule has 1 aliphatic rings. The van der Waals surface area contributed by atoms with Gasteiger partial charge in [-0.1, -0.05) is 81.1 Å². The summed E-state index contributed by atoms with van der Waals surface area (Å²) in [6.07, 6.45) is 3.08. The molecule has 1 atom stereocenters. The second kappa shape index (κ2) is 8.89. The third-order valence-electron chi connectivity index (χ3n) is 7.47. The minimum Gasteiger partial charge on any atom is -0.268 e. The van der Waals surface area contributed by atoms with Crippen molar-refractivity contribution < 1.29 is 0 Å².